The number of carbonyl (C=O) groups is 2. The maximum absolute atomic E-state index is 13.2. The second-order valence-electron chi connectivity index (χ2n) is 9.57. The van der Waals surface area contributed by atoms with Crippen LogP contribution in [0.1, 0.15) is 54.4 Å². The van der Waals surface area contributed by atoms with Gasteiger partial charge in [-0.3, -0.25) is 9.59 Å². The van der Waals surface area contributed by atoms with Gasteiger partial charge in [-0.25, -0.2) is 0 Å². The van der Waals surface area contributed by atoms with Crippen molar-refractivity contribution in [3.8, 4) is 11.5 Å². The monoisotopic (exact) mass is 417 g/mol. The maximum atomic E-state index is 13.2. The minimum atomic E-state index is -0.228. The normalized spacial score (nSPS) is 28.7. The molecule has 4 atom stereocenters. The molecule has 3 aliphatic rings. The number of hydrogen-bond acceptors (Lipinski definition) is 4. The number of aromatic hydroxyl groups is 2. The molecule has 3 N–H and O–H groups in total. The Hall–Kier alpha value is -3.08. The Morgan fingerprint density at radius 1 is 0.935 bits per heavy atom. The summed E-state index contributed by atoms with van der Waals surface area (Å²) in [4.78, 5) is 25.6. The third-order valence-corrected chi connectivity index (χ3v) is 7.57. The van der Waals surface area contributed by atoms with Gasteiger partial charge in [0.05, 0.1) is 5.41 Å². The van der Waals surface area contributed by atoms with Crippen molar-refractivity contribution in [3.05, 3.63) is 59.7 Å². The van der Waals surface area contributed by atoms with E-state index in [9.17, 15) is 19.8 Å². The molecule has 3 saturated carbocycles. The molecule has 4 unspecified atom stereocenters. The van der Waals surface area contributed by atoms with Crippen LogP contribution in [0.25, 0.3) is 6.08 Å². The van der Waals surface area contributed by atoms with Crippen molar-refractivity contribution in [1.29, 1.82) is 0 Å². The van der Waals surface area contributed by atoms with Crippen molar-refractivity contribution in [2.75, 3.05) is 5.32 Å². The van der Waals surface area contributed by atoms with Crippen LogP contribution in [0.15, 0.2) is 48.5 Å². The highest BCUT2D eigenvalue weighted by Crippen LogP contribution is 2.61. The van der Waals surface area contributed by atoms with Crippen molar-refractivity contribution in [2.24, 2.45) is 23.2 Å². The van der Waals surface area contributed by atoms with E-state index in [1.54, 1.807) is 36.4 Å². The predicted octanol–water partition coefficient (Wildman–Crippen LogP) is 5.15. The zero-order valence-electron chi connectivity index (χ0n) is 17.4. The fourth-order valence-corrected chi connectivity index (χ4v) is 6.11. The number of ketones is 1. The Kier molecular flexibility index (Phi) is 4.84. The standard InChI is InChI=1S/C26H27NO4/c28-22(9-2-16-3-10-23(29)24(30)12-16)18-5-7-21(8-6-18)27-25(31)26-13-17-1-4-19(14-26)20(11-17)15-26/h2-3,5-10,12,17,19-20,29-30H,1,4,11,13-15H2,(H,27,31)/b9-2+. The summed E-state index contributed by atoms with van der Waals surface area (Å²) in [6.07, 6.45) is 10.00. The number of phenolic OH excluding ortho intramolecular Hbond substituents is 2. The van der Waals surface area contributed by atoms with E-state index in [0.717, 1.165) is 36.8 Å². The van der Waals surface area contributed by atoms with Gasteiger partial charge in [0.25, 0.3) is 0 Å². The SMILES string of the molecule is O=C(/C=C/c1ccc(O)c(O)c1)c1ccc(NC(=O)C23CC4CCC(C2)C(C4)C3)cc1. The number of fused-ring (bicyclic) bond motifs is 2. The lowest BCUT2D eigenvalue weighted by Gasteiger charge is -2.38. The summed E-state index contributed by atoms with van der Waals surface area (Å²) < 4.78 is 0. The molecule has 3 fully saturated rings. The van der Waals surface area contributed by atoms with Crippen LogP contribution >= 0.6 is 0 Å². The fraction of sp³-hybridized carbons (Fsp3) is 0.385. The van der Waals surface area contributed by atoms with Gasteiger partial charge in [0.2, 0.25) is 5.91 Å². The number of allylic oxidation sites excluding steroid dienone is 1. The number of amides is 1. The molecule has 2 aromatic rings. The van der Waals surface area contributed by atoms with Crippen molar-refractivity contribution >= 4 is 23.5 Å². The molecule has 0 aromatic heterocycles. The summed E-state index contributed by atoms with van der Waals surface area (Å²) in [5, 5.41) is 22.0. The molecule has 5 rings (SSSR count). The minimum Gasteiger partial charge on any atom is -0.504 e. The van der Waals surface area contributed by atoms with Crippen LogP contribution in [0, 0.1) is 23.2 Å². The third kappa shape index (κ3) is 3.73. The molecule has 0 heterocycles. The van der Waals surface area contributed by atoms with Gasteiger partial charge in [0.1, 0.15) is 0 Å². The topological polar surface area (TPSA) is 86.6 Å². The Balaban J connectivity index is 1.24. The van der Waals surface area contributed by atoms with E-state index in [-0.39, 0.29) is 28.6 Å². The minimum absolute atomic E-state index is 0.151. The molecule has 0 saturated heterocycles. The molecule has 160 valence electrons. The third-order valence-electron chi connectivity index (χ3n) is 7.57. The Bertz CT molecular complexity index is 1050. The van der Waals surface area contributed by atoms with Crippen LogP contribution in [0.5, 0.6) is 11.5 Å². The van der Waals surface area contributed by atoms with Crippen LogP contribution in [0.3, 0.4) is 0 Å². The summed E-state index contributed by atoms with van der Waals surface area (Å²) in [5.74, 6) is 1.73. The van der Waals surface area contributed by atoms with E-state index in [4.69, 9.17) is 0 Å². The first-order valence-corrected chi connectivity index (χ1v) is 11.1. The number of benzene rings is 2. The molecule has 2 aromatic carbocycles. The lowest BCUT2D eigenvalue weighted by Crippen LogP contribution is -2.38. The lowest BCUT2D eigenvalue weighted by atomic mass is 9.67. The number of phenols is 2. The summed E-state index contributed by atoms with van der Waals surface area (Å²) in [5.41, 5.74) is 1.67. The molecule has 3 bridgehead atoms. The predicted molar refractivity (Wildman–Crippen MR) is 119 cm³/mol. The number of anilines is 1. The summed E-state index contributed by atoms with van der Waals surface area (Å²) in [7, 11) is 0. The zero-order valence-corrected chi connectivity index (χ0v) is 17.4. The first-order chi connectivity index (χ1) is 14.9. The molecule has 3 aliphatic carbocycles. The van der Waals surface area contributed by atoms with Crippen molar-refractivity contribution in [1.82, 2.24) is 0 Å². The molecule has 0 aliphatic heterocycles. The van der Waals surface area contributed by atoms with Crippen molar-refractivity contribution < 1.29 is 19.8 Å². The van der Waals surface area contributed by atoms with Gasteiger partial charge in [-0.1, -0.05) is 18.6 Å². The average Bonchev–Trinajstić information content (AvgIpc) is 2.94. The molecule has 0 spiro atoms. The van der Waals surface area contributed by atoms with E-state index in [1.165, 1.54) is 37.5 Å². The molecular weight excluding hydrogens is 390 g/mol. The average molecular weight is 418 g/mol. The van der Waals surface area contributed by atoms with Gasteiger partial charge < -0.3 is 15.5 Å². The highest BCUT2D eigenvalue weighted by Gasteiger charge is 2.56. The molecule has 5 heteroatoms. The maximum Gasteiger partial charge on any atom is 0.230 e. The van der Waals surface area contributed by atoms with Gasteiger partial charge in [0.15, 0.2) is 17.3 Å². The Morgan fingerprint density at radius 3 is 2.48 bits per heavy atom. The molecule has 1 amide bonds. The van der Waals surface area contributed by atoms with Gasteiger partial charge in [-0.15, -0.1) is 0 Å². The molecule has 5 nitrogen and oxygen atoms in total. The van der Waals surface area contributed by atoms with E-state index in [2.05, 4.69) is 5.32 Å². The van der Waals surface area contributed by atoms with Gasteiger partial charge in [0, 0.05) is 11.3 Å². The van der Waals surface area contributed by atoms with E-state index >= 15 is 0 Å². The van der Waals surface area contributed by atoms with Crippen LogP contribution in [-0.2, 0) is 4.79 Å². The van der Waals surface area contributed by atoms with Crippen LogP contribution in [0.4, 0.5) is 5.69 Å². The van der Waals surface area contributed by atoms with E-state index in [1.807, 2.05) is 0 Å². The number of carbonyl (C=O) groups excluding carboxylic acids is 2. The van der Waals surface area contributed by atoms with Crippen LogP contribution in [0.2, 0.25) is 0 Å². The van der Waals surface area contributed by atoms with Gasteiger partial charge >= 0.3 is 0 Å². The van der Waals surface area contributed by atoms with Crippen LogP contribution in [-0.4, -0.2) is 21.9 Å². The number of rotatable bonds is 5. The summed E-state index contributed by atoms with van der Waals surface area (Å²) in [6, 6.07) is 11.4. The number of hydrogen-bond donors (Lipinski definition) is 3. The van der Waals surface area contributed by atoms with Gasteiger partial charge in [-0.05, 0) is 97.9 Å². The molecule has 0 radical (unpaired) electrons. The second-order valence-corrected chi connectivity index (χ2v) is 9.57. The van der Waals surface area contributed by atoms with E-state index < -0.39 is 0 Å². The smallest absolute Gasteiger partial charge is 0.230 e. The number of nitrogens with one attached hydrogen (secondary N) is 1. The van der Waals surface area contributed by atoms with E-state index in [0.29, 0.717) is 17.0 Å². The summed E-state index contributed by atoms with van der Waals surface area (Å²) >= 11 is 0. The fourth-order valence-electron chi connectivity index (χ4n) is 6.11. The zero-order chi connectivity index (χ0) is 21.6. The van der Waals surface area contributed by atoms with Crippen molar-refractivity contribution in [3.63, 3.8) is 0 Å². The lowest BCUT2D eigenvalue weighted by molar-refractivity contribution is -0.127. The van der Waals surface area contributed by atoms with Gasteiger partial charge in [-0.2, -0.15) is 0 Å². The highest BCUT2D eigenvalue weighted by atomic mass is 16.3. The molecule has 31 heavy (non-hydrogen) atoms. The first-order valence-electron chi connectivity index (χ1n) is 11.1. The largest absolute Gasteiger partial charge is 0.504 e. The quantitative estimate of drug-likeness (QED) is 0.357. The van der Waals surface area contributed by atoms with Crippen LogP contribution < -0.4 is 5.32 Å². The Labute approximate surface area is 181 Å². The second kappa shape index (κ2) is 7.56. The molecular formula is C26H27NO4. The Morgan fingerprint density at radius 2 is 1.71 bits per heavy atom. The van der Waals surface area contributed by atoms with Crippen molar-refractivity contribution in [2.45, 2.75) is 38.5 Å². The summed E-state index contributed by atoms with van der Waals surface area (Å²) in [6.45, 7) is 0. The highest BCUT2D eigenvalue weighted by molar-refractivity contribution is 6.07. The first kappa shape index (κ1) is 19.9.